The molecule has 0 aromatic heterocycles. The monoisotopic (exact) mass is 714 g/mol. The molecule has 0 saturated carbocycles. The molecular weight excluding hydrogens is 635 g/mol. The van der Waals surface area contributed by atoms with Gasteiger partial charge < -0.3 is 4.74 Å². The van der Waals surface area contributed by atoms with Crippen molar-refractivity contribution in [2.24, 2.45) is 5.41 Å². The predicted octanol–water partition coefficient (Wildman–Crippen LogP) is 12.8. The van der Waals surface area contributed by atoms with Crippen LogP contribution in [0.25, 0.3) is 0 Å². The molecule has 0 N–H and O–H groups in total. The third kappa shape index (κ3) is 12.5. The molecule has 3 atom stereocenters. The van der Waals surface area contributed by atoms with Gasteiger partial charge in [0.2, 0.25) is 0 Å². The fraction of sp³-hybridized carbons (Fsp3) is 0.625. The maximum atomic E-state index is 5.56. The van der Waals surface area contributed by atoms with E-state index < -0.39 is 0 Å². The highest BCUT2D eigenvalue weighted by molar-refractivity contribution is 5.26. The second-order valence-corrected chi connectivity index (χ2v) is 14.9. The zero-order chi connectivity index (χ0) is 38.5. The molecule has 7 rings (SSSR count). The van der Waals surface area contributed by atoms with E-state index in [2.05, 4.69) is 147 Å². The predicted molar refractivity (Wildman–Crippen MR) is 228 cm³/mol. The van der Waals surface area contributed by atoms with E-state index in [0.29, 0.717) is 41.7 Å². The van der Waals surface area contributed by atoms with E-state index in [1.54, 1.807) is 0 Å². The van der Waals surface area contributed by atoms with E-state index in [1.165, 1.54) is 74.8 Å². The number of benzene rings is 3. The molecule has 0 aliphatic carbocycles. The molecule has 52 heavy (non-hydrogen) atoms. The van der Waals surface area contributed by atoms with Gasteiger partial charge in [0.25, 0.3) is 0 Å². The fourth-order valence-corrected chi connectivity index (χ4v) is 8.32. The standard InChI is InChI=1S/C16H23NO.C14H21N.C12H17N.3C2H6/c1-13(2)17-12-16(8-10-18-11-9-16)15(17)14-6-4-3-5-7-14;1-12(2)15-11-7-6-10-14(15)13-8-4-3-5-9-13;1-10(2)13-9-8-12(13)11-6-4-3-5-7-11;3*1-2/h3-7,13,15H,8-12H2,1-2H3;3-5,8-9,12,14H,6-7,10-11H2,1-2H3;3-7,10,12H,8-9H2,1-2H3;3*1-2H3. The van der Waals surface area contributed by atoms with E-state index in [9.17, 15) is 0 Å². The third-order valence-corrected chi connectivity index (χ3v) is 11.0. The van der Waals surface area contributed by atoms with Crippen LogP contribution in [0, 0.1) is 5.41 Å². The van der Waals surface area contributed by atoms with E-state index in [4.69, 9.17) is 4.74 Å². The van der Waals surface area contributed by atoms with Crippen LogP contribution in [0.5, 0.6) is 0 Å². The van der Waals surface area contributed by atoms with Crippen molar-refractivity contribution in [3.05, 3.63) is 108 Å². The lowest BCUT2D eigenvalue weighted by molar-refractivity contribution is -0.147. The average Bonchev–Trinajstić information content (AvgIpc) is 3.18. The first-order valence-corrected chi connectivity index (χ1v) is 21.3. The molecule has 4 fully saturated rings. The number of piperidine rings is 1. The molecule has 1 spiro atoms. The van der Waals surface area contributed by atoms with Gasteiger partial charge in [0.05, 0.1) is 0 Å². The van der Waals surface area contributed by atoms with Crippen LogP contribution in [0.1, 0.15) is 156 Å². The van der Waals surface area contributed by atoms with E-state index >= 15 is 0 Å². The fourth-order valence-electron chi connectivity index (χ4n) is 8.32. The maximum absolute atomic E-state index is 5.56. The Labute approximate surface area is 322 Å². The second-order valence-electron chi connectivity index (χ2n) is 14.9. The molecule has 4 heterocycles. The van der Waals surface area contributed by atoms with Gasteiger partial charge >= 0.3 is 0 Å². The molecule has 4 aliphatic heterocycles. The van der Waals surface area contributed by atoms with Gasteiger partial charge in [0.1, 0.15) is 0 Å². The first-order chi connectivity index (χ1) is 25.3. The molecule has 4 nitrogen and oxygen atoms in total. The second kappa shape index (κ2) is 24.7. The van der Waals surface area contributed by atoms with Crippen molar-refractivity contribution in [1.29, 1.82) is 0 Å². The Morgan fingerprint density at radius 3 is 1.31 bits per heavy atom. The summed E-state index contributed by atoms with van der Waals surface area (Å²) in [5.74, 6) is 0. The van der Waals surface area contributed by atoms with Crippen LogP contribution in [0.4, 0.5) is 0 Å². The van der Waals surface area contributed by atoms with Gasteiger partial charge in [-0.1, -0.05) is 139 Å². The van der Waals surface area contributed by atoms with E-state index in [1.807, 2.05) is 41.5 Å². The van der Waals surface area contributed by atoms with Crippen molar-refractivity contribution in [2.45, 2.75) is 158 Å². The molecule has 4 saturated heterocycles. The Morgan fingerprint density at radius 1 is 0.500 bits per heavy atom. The number of hydrogen-bond acceptors (Lipinski definition) is 4. The summed E-state index contributed by atoms with van der Waals surface area (Å²) in [7, 11) is 0. The lowest BCUT2D eigenvalue weighted by Gasteiger charge is -2.61. The SMILES string of the molecule is CC.CC.CC.CC(C)N1CC2(CCOCC2)C1c1ccccc1.CC(C)N1CCC1c1ccccc1.CC(C)N1CCCCC1c1ccccc1. The van der Waals surface area contributed by atoms with Crippen molar-refractivity contribution in [3.8, 4) is 0 Å². The normalized spacial score (nSPS) is 22.3. The number of hydrogen-bond donors (Lipinski definition) is 0. The summed E-state index contributed by atoms with van der Waals surface area (Å²) in [6.07, 6.45) is 7.82. The van der Waals surface area contributed by atoms with Gasteiger partial charge in [-0.3, -0.25) is 14.7 Å². The maximum Gasteiger partial charge on any atom is 0.0472 e. The average molecular weight is 714 g/mol. The van der Waals surface area contributed by atoms with Gasteiger partial charge in [-0.05, 0) is 96.9 Å². The number of ether oxygens (including phenoxy) is 1. The topological polar surface area (TPSA) is 19.0 Å². The van der Waals surface area contributed by atoms with Crippen molar-refractivity contribution >= 4 is 0 Å². The summed E-state index contributed by atoms with van der Waals surface area (Å²) in [5, 5.41) is 0. The Morgan fingerprint density at radius 2 is 0.904 bits per heavy atom. The van der Waals surface area contributed by atoms with Gasteiger partial charge in [0, 0.05) is 68.0 Å². The van der Waals surface area contributed by atoms with Crippen LogP contribution in [-0.2, 0) is 4.74 Å². The Kier molecular flexibility index (Phi) is 21.7. The first-order valence-electron chi connectivity index (χ1n) is 21.3. The Bertz CT molecular complexity index is 1270. The molecule has 3 aromatic rings. The molecule has 0 bridgehead atoms. The minimum Gasteiger partial charge on any atom is -0.381 e. The van der Waals surface area contributed by atoms with Crippen LogP contribution in [0.2, 0.25) is 0 Å². The first kappa shape index (κ1) is 45.7. The molecule has 292 valence electrons. The zero-order valence-corrected chi connectivity index (χ0v) is 35.7. The van der Waals surface area contributed by atoms with Gasteiger partial charge in [-0.2, -0.15) is 0 Å². The molecule has 0 amide bonds. The van der Waals surface area contributed by atoms with Crippen molar-refractivity contribution < 1.29 is 4.74 Å². The third-order valence-electron chi connectivity index (χ3n) is 11.0. The molecule has 3 unspecified atom stereocenters. The summed E-state index contributed by atoms with van der Waals surface area (Å²) >= 11 is 0. The highest BCUT2D eigenvalue weighted by atomic mass is 16.5. The van der Waals surface area contributed by atoms with Gasteiger partial charge in [-0.15, -0.1) is 0 Å². The van der Waals surface area contributed by atoms with Crippen molar-refractivity contribution in [3.63, 3.8) is 0 Å². The molecular formula is C48H79N3O. The smallest absolute Gasteiger partial charge is 0.0472 e. The summed E-state index contributed by atoms with van der Waals surface area (Å²) in [4.78, 5) is 7.83. The number of nitrogens with zero attached hydrogens (tertiary/aromatic N) is 3. The van der Waals surface area contributed by atoms with E-state index in [0.717, 1.165) is 13.2 Å². The summed E-state index contributed by atoms with van der Waals surface area (Å²) < 4.78 is 5.56. The van der Waals surface area contributed by atoms with Crippen molar-refractivity contribution in [2.75, 3.05) is 32.8 Å². The molecule has 3 aromatic carbocycles. The Hall–Kier alpha value is -2.50. The quantitative estimate of drug-likeness (QED) is 0.253. The van der Waals surface area contributed by atoms with Crippen LogP contribution in [0.3, 0.4) is 0 Å². The van der Waals surface area contributed by atoms with Crippen LogP contribution in [0.15, 0.2) is 91.0 Å². The minimum absolute atomic E-state index is 0.476. The van der Waals surface area contributed by atoms with Crippen LogP contribution >= 0.6 is 0 Å². The number of rotatable bonds is 6. The summed E-state index contributed by atoms with van der Waals surface area (Å²) in [6.45, 7) is 31.4. The number of likely N-dealkylation sites (tertiary alicyclic amines) is 3. The highest BCUT2D eigenvalue weighted by Gasteiger charge is 2.53. The minimum atomic E-state index is 0.476. The largest absolute Gasteiger partial charge is 0.381 e. The summed E-state index contributed by atoms with van der Waals surface area (Å²) in [5.41, 5.74) is 4.93. The van der Waals surface area contributed by atoms with Crippen LogP contribution < -0.4 is 0 Å². The highest BCUT2D eigenvalue weighted by Crippen LogP contribution is 2.55. The Balaban J connectivity index is 0.000000254. The molecule has 0 radical (unpaired) electrons. The molecule has 4 heteroatoms. The molecule has 4 aliphatic rings. The summed E-state index contributed by atoms with van der Waals surface area (Å²) in [6, 6.07) is 36.7. The lowest BCUT2D eigenvalue weighted by atomic mass is 9.63. The lowest BCUT2D eigenvalue weighted by Crippen LogP contribution is -2.62. The van der Waals surface area contributed by atoms with Gasteiger partial charge in [0.15, 0.2) is 0 Å². The van der Waals surface area contributed by atoms with Crippen LogP contribution in [-0.4, -0.2) is 65.7 Å². The van der Waals surface area contributed by atoms with Gasteiger partial charge in [-0.25, -0.2) is 0 Å². The van der Waals surface area contributed by atoms with E-state index in [-0.39, 0.29) is 0 Å². The zero-order valence-electron chi connectivity index (χ0n) is 35.7. The van der Waals surface area contributed by atoms with Crippen molar-refractivity contribution in [1.82, 2.24) is 14.7 Å².